The van der Waals surface area contributed by atoms with Gasteiger partial charge in [-0.05, 0) is 17.7 Å². The maximum Gasteiger partial charge on any atom is 0.169 e. The summed E-state index contributed by atoms with van der Waals surface area (Å²) in [5.74, 6) is -0.444. The fourth-order valence-corrected chi connectivity index (χ4v) is 2.53. The average molecular weight is 287 g/mol. The lowest BCUT2D eigenvalue weighted by atomic mass is 9.86. The zero-order chi connectivity index (χ0) is 13.9. The van der Waals surface area contributed by atoms with Crippen molar-refractivity contribution in [1.82, 2.24) is 0 Å². The molecule has 0 spiro atoms. The average Bonchev–Trinajstić information content (AvgIpc) is 2.42. The first-order valence-electron chi connectivity index (χ1n) is 6.17. The van der Waals surface area contributed by atoms with Crippen LogP contribution in [0.3, 0.4) is 0 Å². The van der Waals surface area contributed by atoms with Gasteiger partial charge in [-0.3, -0.25) is 4.79 Å². The van der Waals surface area contributed by atoms with E-state index in [4.69, 9.17) is 21.1 Å². The molecule has 19 heavy (non-hydrogen) atoms. The Kier molecular flexibility index (Phi) is 4.55. The predicted octanol–water partition coefficient (Wildman–Crippen LogP) is 2.79. The number of benzene rings is 1. The fourth-order valence-electron chi connectivity index (χ4n) is 2.30. The van der Waals surface area contributed by atoms with Crippen molar-refractivity contribution >= 4 is 17.4 Å². The van der Waals surface area contributed by atoms with Crippen molar-refractivity contribution < 1.29 is 18.7 Å². The molecule has 1 saturated heterocycles. The predicted molar refractivity (Wildman–Crippen MR) is 69.9 cm³/mol. The van der Waals surface area contributed by atoms with Crippen LogP contribution in [0.5, 0.6) is 0 Å². The zero-order valence-electron chi connectivity index (χ0n) is 10.7. The molecule has 1 aliphatic rings. The van der Waals surface area contributed by atoms with Gasteiger partial charge in [-0.15, -0.1) is 0 Å². The number of rotatable bonds is 4. The van der Waals surface area contributed by atoms with Crippen molar-refractivity contribution in [3.8, 4) is 0 Å². The SMILES string of the molecule is COC1(C(=O)Cc2ccc(F)cc2Cl)CCOCC1. The molecule has 104 valence electrons. The Labute approximate surface area is 116 Å². The summed E-state index contributed by atoms with van der Waals surface area (Å²) in [7, 11) is 1.54. The third-order valence-electron chi connectivity index (χ3n) is 3.57. The molecular weight excluding hydrogens is 271 g/mol. The molecular formula is C14H16ClFO3. The maximum atomic E-state index is 13.0. The number of ether oxygens (including phenoxy) is 2. The van der Waals surface area contributed by atoms with Crippen molar-refractivity contribution in [2.75, 3.05) is 20.3 Å². The maximum absolute atomic E-state index is 13.0. The molecule has 0 atom stereocenters. The first-order valence-corrected chi connectivity index (χ1v) is 6.55. The fraction of sp³-hybridized carbons (Fsp3) is 0.500. The second-order valence-electron chi connectivity index (χ2n) is 4.65. The molecule has 5 heteroatoms. The molecule has 0 aliphatic carbocycles. The lowest BCUT2D eigenvalue weighted by Crippen LogP contribution is -2.46. The Morgan fingerprint density at radius 3 is 2.74 bits per heavy atom. The standard InChI is InChI=1S/C14H16ClFO3/c1-18-14(4-6-19-7-5-14)13(17)8-10-2-3-11(16)9-12(10)15/h2-3,9H,4-8H2,1H3. The van der Waals surface area contributed by atoms with Crippen molar-refractivity contribution in [2.24, 2.45) is 0 Å². The first-order chi connectivity index (χ1) is 9.07. The van der Waals surface area contributed by atoms with E-state index in [0.717, 1.165) is 0 Å². The Hall–Kier alpha value is -0.970. The molecule has 2 rings (SSSR count). The van der Waals surface area contributed by atoms with Crippen LogP contribution in [0, 0.1) is 5.82 Å². The van der Waals surface area contributed by atoms with Crippen LogP contribution in [0.1, 0.15) is 18.4 Å². The van der Waals surface area contributed by atoms with Crippen LogP contribution in [0.25, 0.3) is 0 Å². The second-order valence-corrected chi connectivity index (χ2v) is 5.05. The van der Waals surface area contributed by atoms with E-state index < -0.39 is 11.4 Å². The monoisotopic (exact) mass is 286 g/mol. The van der Waals surface area contributed by atoms with Crippen LogP contribution in [0.4, 0.5) is 4.39 Å². The number of halogens is 2. The molecule has 0 radical (unpaired) electrons. The van der Waals surface area contributed by atoms with E-state index in [1.54, 1.807) is 0 Å². The van der Waals surface area contributed by atoms with Gasteiger partial charge in [0.15, 0.2) is 5.78 Å². The summed E-state index contributed by atoms with van der Waals surface area (Å²) in [6.07, 6.45) is 1.23. The molecule has 1 aliphatic heterocycles. The third kappa shape index (κ3) is 3.14. The second kappa shape index (κ2) is 5.99. The molecule has 1 fully saturated rings. The van der Waals surface area contributed by atoms with Crippen LogP contribution in [0.2, 0.25) is 5.02 Å². The highest BCUT2D eigenvalue weighted by atomic mass is 35.5. The summed E-state index contributed by atoms with van der Waals surface area (Å²) in [5, 5.41) is 0.270. The minimum atomic E-state index is -0.796. The van der Waals surface area contributed by atoms with Crippen LogP contribution in [-0.4, -0.2) is 31.7 Å². The van der Waals surface area contributed by atoms with Crippen LogP contribution >= 0.6 is 11.6 Å². The van der Waals surface area contributed by atoms with E-state index in [2.05, 4.69) is 0 Å². The van der Waals surface area contributed by atoms with E-state index in [0.29, 0.717) is 31.6 Å². The van der Waals surface area contributed by atoms with Gasteiger partial charge in [0.25, 0.3) is 0 Å². The van der Waals surface area contributed by atoms with E-state index in [9.17, 15) is 9.18 Å². The number of carbonyl (C=O) groups is 1. The summed E-state index contributed by atoms with van der Waals surface area (Å²) in [6.45, 7) is 1.02. The number of Topliss-reactive ketones (excluding diaryl/α,β-unsaturated/α-hetero) is 1. The van der Waals surface area contributed by atoms with E-state index >= 15 is 0 Å². The molecule has 1 heterocycles. The summed E-state index contributed by atoms with van der Waals surface area (Å²) >= 11 is 5.94. The van der Waals surface area contributed by atoms with Gasteiger partial charge in [0, 0.05) is 44.6 Å². The van der Waals surface area contributed by atoms with Gasteiger partial charge in [0.1, 0.15) is 11.4 Å². The zero-order valence-corrected chi connectivity index (χ0v) is 11.5. The van der Waals surface area contributed by atoms with Crippen molar-refractivity contribution in [2.45, 2.75) is 24.9 Å². The molecule has 0 bridgehead atoms. The molecule has 1 aromatic carbocycles. The number of hydrogen-bond donors (Lipinski definition) is 0. The van der Waals surface area contributed by atoms with Gasteiger partial charge >= 0.3 is 0 Å². The number of methoxy groups -OCH3 is 1. The van der Waals surface area contributed by atoms with Crippen LogP contribution in [-0.2, 0) is 20.7 Å². The normalized spacial score (nSPS) is 18.3. The molecule has 3 nitrogen and oxygen atoms in total. The Balaban J connectivity index is 2.15. The molecule has 0 unspecified atom stereocenters. The topological polar surface area (TPSA) is 35.5 Å². The summed E-state index contributed by atoms with van der Waals surface area (Å²) in [5.41, 5.74) is -0.174. The van der Waals surface area contributed by atoms with E-state index in [1.165, 1.54) is 25.3 Å². The smallest absolute Gasteiger partial charge is 0.169 e. The minimum Gasteiger partial charge on any atom is -0.381 e. The van der Waals surface area contributed by atoms with Crippen LogP contribution in [0.15, 0.2) is 18.2 Å². The van der Waals surface area contributed by atoms with Gasteiger partial charge in [0.05, 0.1) is 0 Å². The molecule has 0 saturated carbocycles. The highest BCUT2D eigenvalue weighted by molar-refractivity contribution is 6.31. The summed E-state index contributed by atoms with van der Waals surface area (Å²) in [4.78, 5) is 12.4. The number of ketones is 1. The molecule has 0 amide bonds. The first kappa shape index (κ1) is 14.4. The summed E-state index contributed by atoms with van der Waals surface area (Å²) < 4.78 is 23.7. The van der Waals surface area contributed by atoms with Crippen molar-refractivity contribution in [3.63, 3.8) is 0 Å². The number of carbonyl (C=O) groups excluding carboxylic acids is 1. The Morgan fingerprint density at radius 1 is 1.47 bits per heavy atom. The minimum absolute atomic E-state index is 0.0354. The summed E-state index contributed by atoms with van der Waals surface area (Å²) in [6, 6.07) is 4.06. The van der Waals surface area contributed by atoms with E-state index in [-0.39, 0.29) is 17.2 Å². The van der Waals surface area contributed by atoms with Crippen LogP contribution < -0.4 is 0 Å². The highest BCUT2D eigenvalue weighted by Gasteiger charge is 2.39. The molecule has 0 aromatic heterocycles. The lowest BCUT2D eigenvalue weighted by Gasteiger charge is -2.34. The van der Waals surface area contributed by atoms with Gasteiger partial charge in [-0.25, -0.2) is 4.39 Å². The Morgan fingerprint density at radius 2 is 2.16 bits per heavy atom. The Bertz CT molecular complexity index is 470. The quantitative estimate of drug-likeness (QED) is 0.854. The lowest BCUT2D eigenvalue weighted by molar-refractivity contribution is -0.151. The largest absolute Gasteiger partial charge is 0.381 e. The molecule has 1 aromatic rings. The number of hydrogen-bond acceptors (Lipinski definition) is 3. The van der Waals surface area contributed by atoms with Gasteiger partial charge < -0.3 is 9.47 Å². The van der Waals surface area contributed by atoms with Gasteiger partial charge in [-0.1, -0.05) is 17.7 Å². The van der Waals surface area contributed by atoms with E-state index in [1.807, 2.05) is 0 Å². The van der Waals surface area contributed by atoms with Crippen molar-refractivity contribution in [1.29, 1.82) is 0 Å². The van der Waals surface area contributed by atoms with Gasteiger partial charge in [0.2, 0.25) is 0 Å². The highest BCUT2D eigenvalue weighted by Crippen LogP contribution is 2.28. The van der Waals surface area contributed by atoms with Crippen molar-refractivity contribution in [3.05, 3.63) is 34.6 Å². The molecule has 0 N–H and O–H groups in total. The third-order valence-corrected chi connectivity index (χ3v) is 3.92. The van der Waals surface area contributed by atoms with Gasteiger partial charge in [-0.2, -0.15) is 0 Å².